The zero-order chi connectivity index (χ0) is 32.0. The van der Waals surface area contributed by atoms with Crippen molar-refractivity contribution in [2.24, 2.45) is 0 Å². The van der Waals surface area contributed by atoms with Crippen molar-refractivity contribution in [2.75, 3.05) is 17.2 Å². The Bertz CT molecular complexity index is 1170. The Morgan fingerprint density at radius 2 is 1.30 bits per heavy atom. The Morgan fingerprint density at radius 3 is 1.88 bits per heavy atom. The Balaban J connectivity index is 0.000000430. The quantitative estimate of drug-likeness (QED) is 0.0928. The third-order valence-corrected chi connectivity index (χ3v) is 6.49. The highest BCUT2D eigenvalue weighted by Gasteiger charge is 2.17. The van der Waals surface area contributed by atoms with Gasteiger partial charge in [-0.15, -0.1) is 0 Å². The minimum absolute atomic E-state index is 0.0143. The van der Waals surface area contributed by atoms with Crippen LogP contribution in [0.25, 0.3) is 0 Å². The van der Waals surface area contributed by atoms with E-state index in [2.05, 4.69) is 24.5 Å². The Morgan fingerprint density at radius 1 is 0.698 bits per heavy atom. The molecule has 0 aromatic heterocycles. The molecule has 2 amide bonds. The van der Waals surface area contributed by atoms with Crippen LogP contribution in [0.15, 0.2) is 36.4 Å². The molecule has 0 aliphatic heterocycles. The van der Waals surface area contributed by atoms with Gasteiger partial charge in [0, 0.05) is 18.2 Å². The molecule has 0 aliphatic carbocycles. The van der Waals surface area contributed by atoms with E-state index in [1.807, 2.05) is 0 Å². The van der Waals surface area contributed by atoms with E-state index in [0.29, 0.717) is 18.7 Å². The predicted molar refractivity (Wildman–Crippen MR) is 165 cm³/mol. The molecule has 0 saturated heterocycles. The number of ether oxygens (including phenoxy) is 1. The fourth-order valence-corrected chi connectivity index (χ4v) is 4.14. The molecule has 0 radical (unpaired) electrons. The smallest absolute Gasteiger partial charge is 0.411 e. The maximum Gasteiger partial charge on any atom is 0.411 e. The van der Waals surface area contributed by atoms with Crippen molar-refractivity contribution >= 4 is 35.3 Å². The topological polar surface area (TPSA) is 182 Å². The normalized spacial score (nSPS) is 10.3. The highest BCUT2D eigenvalue weighted by Crippen LogP contribution is 2.25. The maximum absolute atomic E-state index is 11.7. The zero-order valence-corrected chi connectivity index (χ0v) is 25.2. The van der Waals surface area contributed by atoms with E-state index < -0.39 is 23.8 Å². The van der Waals surface area contributed by atoms with Crippen LogP contribution in [0.1, 0.15) is 118 Å². The first kappa shape index (κ1) is 36.7. The van der Waals surface area contributed by atoms with Crippen molar-refractivity contribution in [1.82, 2.24) is 0 Å². The Kier molecular flexibility index (Phi) is 18.3. The van der Waals surface area contributed by atoms with E-state index in [1.54, 1.807) is 0 Å². The van der Waals surface area contributed by atoms with Crippen LogP contribution in [0, 0.1) is 0 Å². The molecule has 43 heavy (non-hydrogen) atoms. The Labute approximate surface area is 253 Å². The molecule has 0 atom stereocenters. The molecular weight excluding hydrogens is 556 g/mol. The average molecular weight is 603 g/mol. The third-order valence-electron chi connectivity index (χ3n) is 6.49. The molecule has 0 bridgehead atoms. The standard InChI is InChI=1S/C16H23NO5.C16H23NO4/c1-2-3-4-5-6-7-11-22-16(21)17-12-9-8-10-13(18)14(12)15(19)20;1-2-3-4-5-6-7-8-15(19)17-12-9-10-13(16(20)21)14(18)11-12/h8-10,18H,2-7,11H2,1H3,(H,17,21)(H,19,20);9-11,18H,2-8H2,1H3,(H,17,19)(H,20,21). The van der Waals surface area contributed by atoms with Gasteiger partial charge < -0.3 is 30.5 Å². The van der Waals surface area contributed by atoms with Crippen molar-refractivity contribution in [1.29, 1.82) is 0 Å². The molecule has 0 spiro atoms. The van der Waals surface area contributed by atoms with Crippen molar-refractivity contribution in [2.45, 2.75) is 97.3 Å². The highest BCUT2D eigenvalue weighted by atomic mass is 16.5. The van der Waals surface area contributed by atoms with Crippen molar-refractivity contribution < 1.29 is 44.3 Å². The molecule has 11 nitrogen and oxygen atoms in total. The molecule has 0 unspecified atom stereocenters. The number of nitrogens with one attached hydrogen (secondary N) is 2. The molecule has 0 fully saturated rings. The number of unbranched alkanes of at least 4 members (excludes halogenated alkanes) is 10. The first-order valence-electron chi connectivity index (χ1n) is 15.0. The number of carboxylic acids is 2. The van der Waals surface area contributed by atoms with Gasteiger partial charge in [0.2, 0.25) is 5.91 Å². The van der Waals surface area contributed by atoms with E-state index in [-0.39, 0.29) is 28.5 Å². The summed E-state index contributed by atoms with van der Waals surface area (Å²) in [5, 5.41) is 41.9. The van der Waals surface area contributed by atoms with Crippen LogP contribution >= 0.6 is 0 Å². The summed E-state index contributed by atoms with van der Waals surface area (Å²) in [6.07, 6.45) is 12.9. The summed E-state index contributed by atoms with van der Waals surface area (Å²) >= 11 is 0. The van der Waals surface area contributed by atoms with E-state index in [4.69, 9.17) is 14.9 Å². The number of aromatic hydroxyl groups is 2. The fraction of sp³-hybridized carbons (Fsp3) is 0.500. The molecule has 238 valence electrons. The van der Waals surface area contributed by atoms with Crippen LogP contribution in [-0.4, -0.2) is 51.0 Å². The molecule has 11 heteroatoms. The van der Waals surface area contributed by atoms with Crippen LogP contribution in [-0.2, 0) is 9.53 Å². The monoisotopic (exact) mass is 602 g/mol. The lowest BCUT2D eigenvalue weighted by molar-refractivity contribution is -0.116. The van der Waals surface area contributed by atoms with E-state index >= 15 is 0 Å². The number of hydrogen-bond acceptors (Lipinski definition) is 7. The Hall–Kier alpha value is -4.28. The molecule has 0 saturated carbocycles. The number of hydrogen-bond donors (Lipinski definition) is 6. The van der Waals surface area contributed by atoms with Gasteiger partial charge in [-0.2, -0.15) is 0 Å². The molecule has 0 heterocycles. The second kappa shape index (κ2) is 21.4. The van der Waals surface area contributed by atoms with Crippen LogP contribution < -0.4 is 10.6 Å². The maximum atomic E-state index is 11.7. The second-order valence-electron chi connectivity index (χ2n) is 10.1. The molecule has 2 aromatic rings. The first-order chi connectivity index (χ1) is 20.6. The zero-order valence-electron chi connectivity index (χ0n) is 25.2. The lowest BCUT2D eigenvalue weighted by Gasteiger charge is -2.10. The molecule has 2 rings (SSSR count). The lowest BCUT2D eigenvalue weighted by Crippen LogP contribution is -2.16. The van der Waals surface area contributed by atoms with Crippen molar-refractivity contribution in [3.63, 3.8) is 0 Å². The van der Waals surface area contributed by atoms with E-state index in [1.165, 1.54) is 74.9 Å². The van der Waals surface area contributed by atoms with Crippen LogP contribution in [0.3, 0.4) is 0 Å². The van der Waals surface area contributed by atoms with Gasteiger partial charge in [-0.3, -0.25) is 10.1 Å². The number of benzene rings is 2. The molecule has 2 aromatic carbocycles. The molecule has 0 aliphatic rings. The van der Waals surface area contributed by atoms with Crippen LogP contribution in [0.4, 0.5) is 16.2 Å². The highest BCUT2D eigenvalue weighted by molar-refractivity contribution is 6.01. The summed E-state index contributed by atoms with van der Waals surface area (Å²) in [4.78, 5) is 45.2. The number of carbonyl (C=O) groups is 4. The van der Waals surface area contributed by atoms with Gasteiger partial charge in [-0.1, -0.05) is 84.1 Å². The van der Waals surface area contributed by atoms with Gasteiger partial charge in [-0.05, 0) is 37.1 Å². The summed E-state index contributed by atoms with van der Waals surface area (Å²) in [5.41, 5.74) is -0.100. The SMILES string of the molecule is CCCCCCCCC(=O)Nc1ccc(C(=O)O)c(O)c1.CCCCCCCCOC(=O)Nc1cccc(O)c1C(=O)O. The minimum Gasteiger partial charge on any atom is -0.507 e. The number of amides is 2. The third kappa shape index (κ3) is 15.5. The van der Waals surface area contributed by atoms with Crippen molar-refractivity contribution in [3.8, 4) is 11.5 Å². The number of phenols is 2. The summed E-state index contributed by atoms with van der Waals surface area (Å²) in [6.45, 7) is 4.61. The minimum atomic E-state index is -1.32. The number of rotatable bonds is 18. The number of aromatic carboxylic acids is 2. The average Bonchev–Trinajstić information content (AvgIpc) is 2.94. The van der Waals surface area contributed by atoms with Gasteiger partial charge in [0.05, 0.1) is 12.3 Å². The summed E-state index contributed by atoms with van der Waals surface area (Å²) in [5.74, 6) is -3.38. The molecule has 6 N–H and O–H groups in total. The van der Waals surface area contributed by atoms with E-state index in [0.717, 1.165) is 38.5 Å². The lowest BCUT2D eigenvalue weighted by atomic mass is 10.1. The van der Waals surface area contributed by atoms with Gasteiger partial charge in [0.15, 0.2) is 0 Å². The predicted octanol–water partition coefficient (Wildman–Crippen LogP) is 7.78. The van der Waals surface area contributed by atoms with Crippen LogP contribution in [0.5, 0.6) is 11.5 Å². The summed E-state index contributed by atoms with van der Waals surface area (Å²) in [7, 11) is 0. The van der Waals surface area contributed by atoms with E-state index in [9.17, 15) is 29.4 Å². The second-order valence-corrected chi connectivity index (χ2v) is 10.1. The van der Waals surface area contributed by atoms with Gasteiger partial charge in [-0.25, -0.2) is 14.4 Å². The van der Waals surface area contributed by atoms with Gasteiger partial charge in [0.25, 0.3) is 0 Å². The number of carboxylic acid groups (broad SMARTS) is 2. The largest absolute Gasteiger partial charge is 0.507 e. The summed E-state index contributed by atoms with van der Waals surface area (Å²) < 4.78 is 5.00. The van der Waals surface area contributed by atoms with Gasteiger partial charge in [0.1, 0.15) is 22.6 Å². The summed E-state index contributed by atoms with van der Waals surface area (Å²) in [6, 6.07) is 8.10. The molecular formula is C32H46N2O9. The van der Waals surface area contributed by atoms with Crippen molar-refractivity contribution in [3.05, 3.63) is 47.5 Å². The first-order valence-corrected chi connectivity index (χ1v) is 15.0. The van der Waals surface area contributed by atoms with Gasteiger partial charge >= 0.3 is 18.0 Å². The number of carbonyl (C=O) groups excluding carboxylic acids is 2. The fourth-order valence-electron chi connectivity index (χ4n) is 4.14. The number of anilines is 2. The van der Waals surface area contributed by atoms with Crippen LogP contribution in [0.2, 0.25) is 0 Å².